The molecule has 17 heavy (non-hydrogen) atoms. The van der Waals surface area contributed by atoms with Gasteiger partial charge in [0.15, 0.2) is 0 Å². The molecule has 1 heterocycles. The summed E-state index contributed by atoms with van der Waals surface area (Å²) in [5.41, 5.74) is 1.40. The molecule has 5 heteroatoms. The minimum atomic E-state index is -0.0376. The van der Waals surface area contributed by atoms with Gasteiger partial charge in [0.05, 0.1) is 24.8 Å². The average Bonchev–Trinajstić information content (AvgIpc) is 2.22. The lowest BCUT2D eigenvalue weighted by Crippen LogP contribution is -2.40. The number of nitrogens with zero attached hydrogens (tertiary/aromatic N) is 1. The molecular formula is C12H15ClN2O2. The molecule has 1 aliphatic heterocycles. The summed E-state index contributed by atoms with van der Waals surface area (Å²) in [6, 6.07) is 5.51. The van der Waals surface area contributed by atoms with Gasteiger partial charge in [-0.2, -0.15) is 0 Å². The van der Waals surface area contributed by atoms with Crippen LogP contribution in [0.15, 0.2) is 18.2 Å². The Kier molecular flexibility index (Phi) is 3.54. The monoisotopic (exact) mass is 254 g/mol. The Morgan fingerprint density at radius 3 is 2.71 bits per heavy atom. The molecule has 0 aliphatic carbocycles. The van der Waals surface area contributed by atoms with E-state index in [0.29, 0.717) is 23.8 Å². The number of amides is 1. The molecule has 0 unspecified atom stereocenters. The summed E-state index contributed by atoms with van der Waals surface area (Å²) < 4.78 is 5.09. The van der Waals surface area contributed by atoms with Gasteiger partial charge in [0.25, 0.3) is 5.91 Å². The molecule has 0 aromatic heterocycles. The second kappa shape index (κ2) is 4.94. The zero-order valence-corrected chi connectivity index (χ0v) is 10.6. The van der Waals surface area contributed by atoms with Gasteiger partial charge in [-0.3, -0.25) is 4.79 Å². The first-order valence-electron chi connectivity index (χ1n) is 5.43. The molecule has 1 aliphatic rings. The maximum Gasteiger partial charge on any atom is 0.255 e. The van der Waals surface area contributed by atoms with Gasteiger partial charge < -0.3 is 15.0 Å². The summed E-state index contributed by atoms with van der Waals surface area (Å²) in [5, 5.41) is 3.88. The van der Waals surface area contributed by atoms with E-state index in [1.54, 1.807) is 37.2 Å². The summed E-state index contributed by atoms with van der Waals surface area (Å²) in [5.74, 6) is -0.0376. The number of hydrogen-bond donors (Lipinski definition) is 1. The van der Waals surface area contributed by atoms with Crippen molar-refractivity contribution in [3.8, 4) is 0 Å². The number of carbonyl (C=O) groups is 1. The van der Waals surface area contributed by atoms with E-state index in [4.69, 9.17) is 16.3 Å². The molecule has 0 spiro atoms. The molecular weight excluding hydrogens is 240 g/mol. The molecule has 1 aromatic rings. The van der Waals surface area contributed by atoms with Crippen LogP contribution in [-0.2, 0) is 4.74 Å². The number of anilines is 1. The van der Waals surface area contributed by atoms with Gasteiger partial charge in [-0.05, 0) is 18.2 Å². The van der Waals surface area contributed by atoms with Crippen LogP contribution < -0.4 is 5.32 Å². The predicted octanol–water partition coefficient (Wildman–Crippen LogP) is 1.85. The number of carbonyl (C=O) groups excluding carboxylic acids is 1. The SMILES string of the molecule is CN(C)C(=O)c1ccc(Cl)cc1NC1COC1. The maximum atomic E-state index is 12.0. The highest BCUT2D eigenvalue weighted by Crippen LogP contribution is 2.24. The summed E-state index contributed by atoms with van der Waals surface area (Å²) in [7, 11) is 3.46. The maximum absolute atomic E-state index is 12.0. The topological polar surface area (TPSA) is 41.6 Å². The van der Waals surface area contributed by atoms with E-state index in [-0.39, 0.29) is 11.9 Å². The van der Waals surface area contributed by atoms with Crippen LogP contribution in [0.3, 0.4) is 0 Å². The lowest BCUT2D eigenvalue weighted by atomic mass is 10.1. The second-order valence-electron chi connectivity index (χ2n) is 4.27. The van der Waals surface area contributed by atoms with Gasteiger partial charge in [0.2, 0.25) is 0 Å². The van der Waals surface area contributed by atoms with Crippen molar-refractivity contribution in [2.24, 2.45) is 0 Å². The van der Waals surface area contributed by atoms with Gasteiger partial charge in [0.1, 0.15) is 0 Å². The minimum Gasteiger partial charge on any atom is -0.377 e. The number of hydrogen-bond acceptors (Lipinski definition) is 3. The van der Waals surface area contributed by atoms with Crippen LogP contribution in [0.25, 0.3) is 0 Å². The number of ether oxygens (including phenoxy) is 1. The zero-order valence-electron chi connectivity index (χ0n) is 9.87. The van der Waals surface area contributed by atoms with Crippen molar-refractivity contribution in [2.45, 2.75) is 6.04 Å². The number of halogens is 1. The van der Waals surface area contributed by atoms with Crippen LogP contribution in [0.1, 0.15) is 10.4 Å². The molecule has 0 atom stereocenters. The molecule has 1 N–H and O–H groups in total. The molecule has 1 aromatic carbocycles. The van der Waals surface area contributed by atoms with Crippen LogP contribution in [0.2, 0.25) is 5.02 Å². The van der Waals surface area contributed by atoms with E-state index >= 15 is 0 Å². The zero-order chi connectivity index (χ0) is 12.4. The molecule has 1 fully saturated rings. The Morgan fingerprint density at radius 1 is 1.47 bits per heavy atom. The van der Waals surface area contributed by atoms with Gasteiger partial charge in [-0.15, -0.1) is 0 Å². The molecule has 1 saturated heterocycles. The van der Waals surface area contributed by atoms with Crippen molar-refractivity contribution >= 4 is 23.2 Å². The lowest BCUT2D eigenvalue weighted by Gasteiger charge is -2.29. The Labute approximate surface area is 106 Å². The van der Waals surface area contributed by atoms with Crippen LogP contribution in [0.5, 0.6) is 0 Å². The van der Waals surface area contributed by atoms with Gasteiger partial charge in [-0.25, -0.2) is 0 Å². The van der Waals surface area contributed by atoms with Crippen molar-refractivity contribution < 1.29 is 9.53 Å². The fourth-order valence-corrected chi connectivity index (χ4v) is 1.77. The van der Waals surface area contributed by atoms with Crippen molar-refractivity contribution in [1.82, 2.24) is 4.90 Å². The summed E-state index contributed by atoms with van der Waals surface area (Å²) >= 11 is 5.95. The van der Waals surface area contributed by atoms with Crippen molar-refractivity contribution in [3.05, 3.63) is 28.8 Å². The summed E-state index contributed by atoms with van der Waals surface area (Å²) in [4.78, 5) is 13.5. The first kappa shape index (κ1) is 12.2. The van der Waals surface area contributed by atoms with E-state index in [9.17, 15) is 4.79 Å². The van der Waals surface area contributed by atoms with Crippen LogP contribution in [0.4, 0.5) is 5.69 Å². The molecule has 2 rings (SSSR count). The molecule has 92 valence electrons. The highest BCUT2D eigenvalue weighted by atomic mass is 35.5. The standard InChI is InChI=1S/C12H15ClN2O2/c1-15(2)12(16)10-4-3-8(13)5-11(10)14-9-6-17-7-9/h3-5,9,14H,6-7H2,1-2H3. The summed E-state index contributed by atoms with van der Waals surface area (Å²) in [6.45, 7) is 1.34. The Morgan fingerprint density at radius 2 is 2.18 bits per heavy atom. The molecule has 0 saturated carbocycles. The summed E-state index contributed by atoms with van der Waals surface area (Å²) in [6.07, 6.45) is 0. The Balaban J connectivity index is 2.26. The third-order valence-electron chi connectivity index (χ3n) is 2.62. The number of rotatable bonds is 3. The molecule has 1 amide bonds. The first-order valence-corrected chi connectivity index (χ1v) is 5.81. The van der Waals surface area contributed by atoms with Crippen molar-refractivity contribution in [3.63, 3.8) is 0 Å². The van der Waals surface area contributed by atoms with Crippen molar-refractivity contribution in [2.75, 3.05) is 32.6 Å². The average molecular weight is 255 g/mol. The third kappa shape index (κ3) is 2.70. The van der Waals surface area contributed by atoms with Crippen LogP contribution in [0, 0.1) is 0 Å². The largest absolute Gasteiger partial charge is 0.377 e. The Hall–Kier alpha value is -1.26. The predicted molar refractivity (Wildman–Crippen MR) is 67.7 cm³/mol. The van der Waals surface area contributed by atoms with E-state index in [2.05, 4.69) is 5.32 Å². The highest BCUT2D eigenvalue weighted by Gasteiger charge is 2.21. The minimum absolute atomic E-state index is 0.0376. The van der Waals surface area contributed by atoms with Crippen molar-refractivity contribution in [1.29, 1.82) is 0 Å². The van der Waals surface area contributed by atoms with E-state index in [1.807, 2.05) is 0 Å². The van der Waals surface area contributed by atoms with E-state index in [0.717, 1.165) is 5.69 Å². The fourth-order valence-electron chi connectivity index (χ4n) is 1.60. The third-order valence-corrected chi connectivity index (χ3v) is 2.85. The smallest absolute Gasteiger partial charge is 0.255 e. The normalized spacial score (nSPS) is 15.2. The quantitative estimate of drug-likeness (QED) is 0.895. The number of benzene rings is 1. The fraction of sp³-hybridized carbons (Fsp3) is 0.417. The van der Waals surface area contributed by atoms with Crippen LogP contribution in [-0.4, -0.2) is 44.2 Å². The Bertz CT molecular complexity index is 431. The molecule has 0 bridgehead atoms. The lowest BCUT2D eigenvalue weighted by molar-refractivity contribution is 0.0210. The highest BCUT2D eigenvalue weighted by molar-refractivity contribution is 6.31. The first-order chi connectivity index (χ1) is 8.08. The van der Waals surface area contributed by atoms with Gasteiger partial charge in [0, 0.05) is 24.8 Å². The van der Waals surface area contributed by atoms with E-state index in [1.165, 1.54) is 0 Å². The molecule has 0 radical (unpaired) electrons. The second-order valence-corrected chi connectivity index (χ2v) is 4.70. The molecule has 4 nitrogen and oxygen atoms in total. The van der Waals surface area contributed by atoms with Crippen LogP contribution >= 0.6 is 11.6 Å². The van der Waals surface area contributed by atoms with Gasteiger partial charge >= 0.3 is 0 Å². The van der Waals surface area contributed by atoms with E-state index < -0.39 is 0 Å². The van der Waals surface area contributed by atoms with Gasteiger partial charge in [-0.1, -0.05) is 11.6 Å². The number of nitrogens with one attached hydrogen (secondary N) is 1.